The Bertz CT molecular complexity index is 451. The highest BCUT2D eigenvalue weighted by Crippen LogP contribution is 2.17. The van der Waals surface area contributed by atoms with E-state index in [1.54, 1.807) is 0 Å². The van der Waals surface area contributed by atoms with Crippen molar-refractivity contribution < 1.29 is 9.59 Å². The van der Waals surface area contributed by atoms with Gasteiger partial charge in [-0.25, -0.2) is 4.98 Å². The van der Waals surface area contributed by atoms with Crippen molar-refractivity contribution in [2.24, 2.45) is 0 Å². The molecule has 0 spiro atoms. The molecule has 0 atom stereocenters. The first kappa shape index (κ1) is 13.7. The van der Waals surface area contributed by atoms with Crippen molar-refractivity contribution in [3.63, 3.8) is 0 Å². The van der Waals surface area contributed by atoms with Crippen molar-refractivity contribution in [3.8, 4) is 0 Å². The van der Waals surface area contributed by atoms with Crippen molar-refractivity contribution >= 4 is 35.0 Å². The molecule has 1 aromatic heterocycles. The lowest BCUT2D eigenvalue weighted by molar-refractivity contribution is -0.121. The zero-order chi connectivity index (χ0) is 13.0. The van der Waals surface area contributed by atoms with E-state index in [1.165, 1.54) is 31.1 Å². The van der Waals surface area contributed by atoms with Gasteiger partial charge in [-0.3, -0.25) is 9.59 Å². The maximum Gasteiger partial charge on any atom is 0.274 e. The molecule has 1 rings (SSSR count). The molecular formula is C10H11Cl2N3O2. The predicted octanol–water partition coefficient (Wildman–Crippen LogP) is 1.21. The summed E-state index contributed by atoms with van der Waals surface area (Å²) in [6.07, 6.45) is 0. The highest BCUT2D eigenvalue weighted by atomic mass is 35.5. The Morgan fingerprint density at radius 3 is 2.65 bits per heavy atom. The second kappa shape index (κ2) is 5.84. The number of likely N-dealkylation sites (N-methyl/N-ethyl adjacent to an activating group) is 2. The Morgan fingerprint density at radius 1 is 1.41 bits per heavy atom. The lowest BCUT2D eigenvalue weighted by Crippen LogP contribution is -2.37. The number of carbonyl (C=O) groups excluding carboxylic acids is 2. The Labute approximate surface area is 109 Å². The SMILES string of the molecule is CNC(=O)CN(C)C(=O)c1nc(Cl)ccc1Cl. The second-order valence-corrected chi connectivity index (χ2v) is 4.09. The van der Waals surface area contributed by atoms with Gasteiger partial charge in [0.1, 0.15) is 10.8 Å². The molecular weight excluding hydrogens is 265 g/mol. The van der Waals surface area contributed by atoms with Crippen LogP contribution in [-0.4, -0.2) is 42.3 Å². The van der Waals surface area contributed by atoms with Gasteiger partial charge in [0.05, 0.1) is 11.6 Å². The van der Waals surface area contributed by atoms with Crippen LogP contribution in [0.25, 0.3) is 0 Å². The van der Waals surface area contributed by atoms with Gasteiger partial charge < -0.3 is 10.2 Å². The van der Waals surface area contributed by atoms with Crippen LogP contribution < -0.4 is 5.32 Å². The second-order valence-electron chi connectivity index (χ2n) is 3.30. The quantitative estimate of drug-likeness (QED) is 0.844. The van der Waals surface area contributed by atoms with E-state index in [2.05, 4.69) is 10.3 Å². The van der Waals surface area contributed by atoms with Crippen molar-refractivity contribution in [3.05, 3.63) is 28.0 Å². The van der Waals surface area contributed by atoms with Crippen LogP contribution in [0.2, 0.25) is 10.2 Å². The summed E-state index contributed by atoms with van der Waals surface area (Å²) in [6.45, 7) is -0.0696. The molecule has 1 N–H and O–H groups in total. The molecule has 0 aliphatic carbocycles. The number of nitrogens with zero attached hydrogens (tertiary/aromatic N) is 2. The number of pyridine rings is 1. The van der Waals surface area contributed by atoms with E-state index < -0.39 is 5.91 Å². The zero-order valence-electron chi connectivity index (χ0n) is 9.33. The van der Waals surface area contributed by atoms with Crippen LogP contribution in [0.5, 0.6) is 0 Å². The van der Waals surface area contributed by atoms with Crippen molar-refractivity contribution in [1.29, 1.82) is 0 Å². The Hall–Kier alpha value is -1.33. The first-order valence-corrected chi connectivity index (χ1v) is 5.49. The van der Waals surface area contributed by atoms with Gasteiger partial charge in [0.25, 0.3) is 5.91 Å². The molecule has 92 valence electrons. The van der Waals surface area contributed by atoms with E-state index in [-0.39, 0.29) is 28.3 Å². The summed E-state index contributed by atoms with van der Waals surface area (Å²) in [5, 5.41) is 2.79. The molecule has 0 bridgehead atoms. The van der Waals surface area contributed by atoms with E-state index in [4.69, 9.17) is 23.2 Å². The maximum atomic E-state index is 11.9. The van der Waals surface area contributed by atoms with E-state index in [0.717, 1.165) is 0 Å². The molecule has 0 radical (unpaired) electrons. The van der Waals surface area contributed by atoms with Gasteiger partial charge in [-0.2, -0.15) is 0 Å². The summed E-state index contributed by atoms with van der Waals surface area (Å²) in [7, 11) is 2.97. The number of aromatic nitrogens is 1. The topological polar surface area (TPSA) is 62.3 Å². The third kappa shape index (κ3) is 3.57. The minimum Gasteiger partial charge on any atom is -0.358 e. The highest BCUT2D eigenvalue weighted by Gasteiger charge is 2.18. The Morgan fingerprint density at radius 2 is 2.06 bits per heavy atom. The number of rotatable bonds is 3. The summed E-state index contributed by atoms with van der Waals surface area (Å²) in [4.78, 5) is 28.1. The fourth-order valence-corrected chi connectivity index (χ4v) is 1.45. The molecule has 0 aromatic carbocycles. The molecule has 0 saturated heterocycles. The molecule has 0 aliphatic rings. The number of amides is 2. The van der Waals surface area contributed by atoms with Crippen LogP contribution in [0, 0.1) is 0 Å². The molecule has 1 heterocycles. The van der Waals surface area contributed by atoms with E-state index in [1.807, 2.05) is 0 Å². The van der Waals surface area contributed by atoms with Gasteiger partial charge in [-0.15, -0.1) is 0 Å². The average Bonchev–Trinajstić information content (AvgIpc) is 2.31. The monoisotopic (exact) mass is 275 g/mol. The fraction of sp³-hybridized carbons (Fsp3) is 0.300. The lowest BCUT2D eigenvalue weighted by atomic mass is 10.3. The highest BCUT2D eigenvalue weighted by molar-refractivity contribution is 6.34. The van der Waals surface area contributed by atoms with Crippen molar-refractivity contribution in [2.75, 3.05) is 20.6 Å². The average molecular weight is 276 g/mol. The smallest absolute Gasteiger partial charge is 0.274 e. The molecule has 7 heteroatoms. The van der Waals surface area contributed by atoms with Gasteiger partial charge in [0, 0.05) is 14.1 Å². The molecule has 5 nitrogen and oxygen atoms in total. The molecule has 17 heavy (non-hydrogen) atoms. The van der Waals surface area contributed by atoms with Crippen molar-refractivity contribution in [2.45, 2.75) is 0 Å². The molecule has 0 saturated carbocycles. The number of carbonyl (C=O) groups is 2. The summed E-state index contributed by atoms with van der Waals surface area (Å²) in [5.74, 6) is -0.736. The van der Waals surface area contributed by atoms with Gasteiger partial charge >= 0.3 is 0 Å². The van der Waals surface area contributed by atoms with Crippen LogP contribution in [-0.2, 0) is 4.79 Å². The maximum absolute atomic E-state index is 11.9. The largest absolute Gasteiger partial charge is 0.358 e. The summed E-state index contributed by atoms with van der Waals surface area (Å²) >= 11 is 11.5. The third-order valence-electron chi connectivity index (χ3n) is 2.02. The predicted molar refractivity (Wildman–Crippen MR) is 65.3 cm³/mol. The third-order valence-corrected chi connectivity index (χ3v) is 2.54. The normalized spacial score (nSPS) is 9.88. The lowest BCUT2D eigenvalue weighted by Gasteiger charge is -2.16. The number of halogens is 2. The standard InChI is InChI=1S/C10H11Cl2N3O2/c1-13-8(16)5-15(2)10(17)9-6(11)3-4-7(12)14-9/h3-4H,5H2,1-2H3,(H,13,16). The van der Waals surface area contributed by atoms with Crippen LogP contribution in [0.1, 0.15) is 10.5 Å². The van der Waals surface area contributed by atoms with Crippen molar-refractivity contribution in [1.82, 2.24) is 15.2 Å². The van der Waals surface area contributed by atoms with Crippen LogP contribution in [0.3, 0.4) is 0 Å². The summed E-state index contributed by atoms with van der Waals surface area (Å²) in [6, 6.07) is 2.97. The van der Waals surface area contributed by atoms with Crippen LogP contribution >= 0.6 is 23.2 Å². The number of hydrogen-bond acceptors (Lipinski definition) is 3. The number of nitrogens with one attached hydrogen (secondary N) is 1. The minimum atomic E-state index is -0.457. The molecule has 2 amide bonds. The molecule has 0 aliphatic heterocycles. The fourth-order valence-electron chi connectivity index (χ4n) is 1.12. The summed E-state index contributed by atoms with van der Waals surface area (Å²) < 4.78 is 0. The summed E-state index contributed by atoms with van der Waals surface area (Å²) in [5.41, 5.74) is 0.0329. The Balaban J connectivity index is 2.88. The Kier molecular flexibility index (Phi) is 4.72. The molecule has 0 fully saturated rings. The van der Waals surface area contributed by atoms with Gasteiger partial charge in [-0.1, -0.05) is 23.2 Å². The van der Waals surface area contributed by atoms with Gasteiger partial charge in [-0.05, 0) is 12.1 Å². The molecule has 0 unspecified atom stereocenters. The van der Waals surface area contributed by atoms with Crippen LogP contribution in [0.4, 0.5) is 0 Å². The molecule has 1 aromatic rings. The van der Waals surface area contributed by atoms with Gasteiger partial charge in [0.2, 0.25) is 5.91 Å². The van der Waals surface area contributed by atoms with E-state index >= 15 is 0 Å². The first-order chi connectivity index (χ1) is 7.95. The van der Waals surface area contributed by atoms with E-state index in [0.29, 0.717) is 0 Å². The minimum absolute atomic E-state index is 0.0329. The van der Waals surface area contributed by atoms with Crippen LogP contribution in [0.15, 0.2) is 12.1 Å². The zero-order valence-corrected chi connectivity index (χ0v) is 10.8. The number of hydrogen-bond donors (Lipinski definition) is 1. The van der Waals surface area contributed by atoms with E-state index in [9.17, 15) is 9.59 Å². The van der Waals surface area contributed by atoms with Gasteiger partial charge in [0.15, 0.2) is 0 Å². The first-order valence-electron chi connectivity index (χ1n) is 4.73.